The number of anilines is 1. The zero-order chi connectivity index (χ0) is 15.2. The summed E-state index contributed by atoms with van der Waals surface area (Å²) in [5.41, 5.74) is 1.34. The van der Waals surface area contributed by atoms with Crippen molar-refractivity contribution in [2.45, 2.75) is 32.8 Å². The molecular formula is C15H22BrNO3. The van der Waals surface area contributed by atoms with Crippen molar-refractivity contribution in [3.63, 3.8) is 0 Å². The monoisotopic (exact) mass is 343 g/mol. The lowest BCUT2D eigenvalue weighted by Gasteiger charge is -2.23. The number of hydrogen-bond acceptors (Lipinski definition) is 4. The van der Waals surface area contributed by atoms with Crippen LogP contribution in [0.25, 0.3) is 0 Å². The molecule has 112 valence electrons. The van der Waals surface area contributed by atoms with E-state index in [0.717, 1.165) is 23.1 Å². The predicted molar refractivity (Wildman–Crippen MR) is 84.3 cm³/mol. The number of ether oxygens (including phenoxy) is 2. The molecule has 1 rings (SSSR count). The third-order valence-corrected chi connectivity index (χ3v) is 3.73. The van der Waals surface area contributed by atoms with Gasteiger partial charge in [0.05, 0.1) is 17.8 Å². The highest BCUT2D eigenvalue weighted by Crippen LogP contribution is 2.24. The Morgan fingerprint density at radius 1 is 1.40 bits per heavy atom. The molecule has 1 aromatic carbocycles. The normalized spacial score (nSPS) is 11.2. The third-order valence-electron chi connectivity index (χ3n) is 3.08. The van der Waals surface area contributed by atoms with E-state index in [-0.39, 0.29) is 11.6 Å². The van der Waals surface area contributed by atoms with Crippen molar-refractivity contribution in [1.82, 2.24) is 0 Å². The second-order valence-electron chi connectivity index (χ2n) is 5.06. The molecule has 1 N–H and O–H groups in total. The molecule has 0 aliphatic heterocycles. The number of nitrogens with one attached hydrogen (secondary N) is 1. The fourth-order valence-electron chi connectivity index (χ4n) is 1.60. The van der Waals surface area contributed by atoms with E-state index in [1.807, 2.05) is 19.9 Å². The Bertz CT molecular complexity index is 460. The summed E-state index contributed by atoms with van der Waals surface area (Å²) in [4.78, 5) is 11.6. The van der Waals surface area contributed by atoms with Gasteiger partial charge in [-0.2, -0.15) is 0 Å². The molecule has 0 fully saturated rings. The zero-order valence-corrected chi connectivity index (χ0v) is 14.0. The standard InChI is InChI=1S/C15H22BrNO3/c1-5-20-14(18)11-6-7-13(12(16)10-11)17-9-8-15(2,3)19-4/h6-7,10,17H,5,8-9H2,1-4H3. The number of benzene rings is 1. The van der Waals surface area contributed by atoms with Crippen LogP contribution in [0.4, 0.5) is 5.69 Å². The van der Waals surface area contributed by atoms with E-state index in [1.54, 1.807) is 26.2 Å². The molecule has 0 heterocycles. The van der Waals surface area contributed by atoms with Gasteiger partial charge in [-0.05, 0) is 61.3 Å². The first-order valence-electron chi connectivity index (χ1n) is 6.65. The van der Waals surface area contributed by atoms with Crippen LogP contribution in [0.3, 0.4) is 0 Å². The number of methoxy groups -OCH3 is 1. The molecule has 0 amide bonds. The summed E-state index contributed by atoms with van der Waals surface area (Å²) in [6, 6.07) is 5.39. The minimum atomic E-state index is -0.305. The molecule has 20 heavy (non-hydrogen) atoms. The summed E-state index contributed by atoms with van der Waals surface area (Å²) in [7, 11) is 1.71. The van der Waals surface area contributed by atoms with E-state index < -0.39 is 0 Å². The molecule has 0 saturated heterocycles. The van der Waals surface area contributed by atoms with Crippen molar-refractivity contribution in [2.24, 2.45) is 0 Å². The fourth-order valence-corrected chi connectivity index (χ4v) is 2.12. The fraction of sp³-hybridized carbons (Fsp3) is 0.533. The quantitative estimate of drug-likeness (QED) is 0.763. The van der Waals surface area contributed by atoms with E-state index in [2.05, 4.69) is 21.2 Å². The van der Waals surface area contributed by atoms with Crippen molar-refractivity contribution < 1.29 is 14.3 Å². The Labute approximate surface area is 129 Å². The number of hydrogen-bond donors (Lipinski definition) is 1. The molecule has 0 bridgehead atoms. The summed E-state index contributed by atoms with van der Waals surface area (Å²) in [6.45, 7) is 7.06. The van der Waals surface area contributed by atoms with Crippen molar-refractivity contribution in [2.75, 3.05) is 25.6 Å². The van der Waals surface area contributed by atoms with Gasteiger partial charge in [-0.3, -0.25) is 0 Å². The Kier molecular flexibility index (Phi) is 6.49. The van der Waals surface area contributed by atoms with Gasteiger partial charge in [-0.25, -0.2) is 4.79 Å². The summed E-state index contributed by atoms with van der Waals surface area (Å²) < 4.78 is 11.2. The largest absolute Gasteiger partial charge is 0.462 e. The van der Waals surface area contributed by atoms with Crippen LogP contribution in [0.1, 0.15) is 37.6 Å². The molecule has 0 saturated carbocycles. The van der Waals surface area contributed by atoms with Crippen LogP contribution in [-0.2, 0) is 9.47 Å². The zero-order valence-electron chi connectivity index (χ0n) is 12.5. The Morgan fingerprint density at radius 2 is 2.10 bits per heavy atom. The van der Waals surface area contributed by atoms with Crippen LogP contribution in [-0.4, -0.2) is 31.8 Å². The lowest BCUT2D eigenvalue weighted by Crippen LogP contribution is -2.25. The number of halogens is 1. The Morgan fingerprint density at radius 3 is 2.65 bits per heavy atom. The van der Waals surface area contributed by atoms with Crippen molar-refractivity contribution >= 4 is 27.6 Å². The average Bonchev–Trinajstić information content (AvgIpc) is 2.40. The molecule has 0 aliphatic carbocycles. The van der Waals surface area contributed by atoms with E-state index in [0.29, 0.717) is 12.2 Å². The SMILES string of the molecule is CCOC(=O)c1ccc(NCCC(C)(C)OC)c(Br)c1. The topological polar surface area (TPSA) is 47.6 Å². The summed E-state index contributed by atoms with van der Waals surface area (Å²) in [5, 5.41) is 3.32. The second kappa shape index (κ2) is 7.64. The first-order valence-corrected chi connectivity index (χ1v) is 7.44. The highest BCUT2D eigenvalue weighted by atomic mass is 79.9. The minimum Gasteiger partial charge on any atom is -0.462 e. The molecule has 0 aliphatic rings. The van der Waals surface area contributed by atoms with Gasteiger partial charge in [0, 0.05) is 23.8 Å². The number of rotatable bonds is 7. The van der Waals surface area contributed by atoms with Gasteiger partial charge < -0.3 is 14.8 Å². The summed E-state index contributed by atoms with van der Waals surface area (Å²) in [6.07, 6.45) is 0.884. The van der Waals surface area contributed by atoms with Gasteiger partial charge in [0.15, 0.2) is 0 Å². The Hall–Kier alpha value is -1.07. The van der Waals surface area contributed by atoms with Crippen LogP contribution >= 0.6 is 15.9 Å². The molecule has 0 radical (unpaired) electrons. The van der Waals surface area contributed by atoms with Crippen LogP contribution < -0.4 is 5.32 Å². The molecular weight excluding hydrogens is 322 g/mol. The van der Waals surface area contributed by atoms with Gasteiger partial charge in [-0.15, -0.1) is 0 Å². The smallest absolute Gasteiger partial charge is 0.338 e. The van der Waals surface area contributed by atoms with Gasteiger partial charge >= 0.3 is 5.97 Å². The van der Waals surface area contributed by atoms with Crippen molar-refractivity contribution in [3.8, 4) is 0 Å². The highest BCUT2D eigenvalue weighted by Gasteiger charge is 2.15. The maximum atomic E-state index is 11.6. The third kappa shape index (κ3) is 5.13. The lowest BCUT2D eigenvalue weighted by atomic mass is 10.1. The van der Waals surface area contributed by atoms with Crippen molar-refractivity contribution in [1.29, 1.82) is 0 Å². The first-order chi connectivity index (χ1) is 9.39. The minimum absolute atomic E-state index is 0.148. The number of carbonyl (C=O) groups is 1. The van der Waals surface area contributed by atoms with Gasteiger partial charge in [0.25, 0.3) is 0 Å². The van der Waals surface area contributed by atoms with Gasteiger partial charge in [-0.1, -0.05) is 0 Å². The van der Waals surface area contributed by atoms with Crippen LogP contribution in [0, 0.1) is 0 Å². The van der Waals surface area contributed by atoms with E-state index in [4.69, 9.17) is 9.47 Å². The first kappa shape index (κ1) is 17.0. The highest BCUT2D eigenvalue weighted by molar-refractivity contribution is 9.10. The van der Waals surface area contributed by atoms with Crippen LogP contribution in [0.5, 0.6) is 0 Å². The predicted octanol–water partition coefficient (Wildman–Crippen LogP) is 3.85. The van der Waals surface area contributed by atoms with Gasteiger partial charge in [0.2, 0.25) is 0 Å². The number of esters is 1. The lowest BCUT2D eigenvalue weighted by molar-refractivity contribution is 0.0185. The Balaban J connectivity index is 2.62. The maximum Gasteiger partial charge on any atom is 0.338 e. The van der Waals surface area contributed by atoms with Crippen LogP contribution in [0.15, 0.2) is 22.7 Å². The molecule has 0 unspecified atom stereocenters. The van der Waals surface area contributed by atoms with E-state index in [9.17, 15) is 4.79 Å². The van der Waals surface area contributed by atoms with E-state index in [1.165, 1.54) is 0 Å². The number of carbonyl (C=O) groups excluding carboxylic acids is 1. The summed E-state index contributed by atoms with van der Waals surface area (Å²) >= 11 is 3.46. The maximum absolute atomic E-state index is 11.6. The average molecular weight is 344 g/mol. The van der Waals surface area contributed by atoms with Crippen molar-refractivity contribution in [3.05, 3.63) is 28.2 Å². The molecule has 0 atom stereocenters. The summed E-state index contributed by atoms with van der Waals surface area (Å²) in [5.74, 6) is -0.305. The van der Waals surface area contributed by atoms with Gasteiger partial charge in [0.1, 0.15) is 0 Å². The van der Waals surface area contributed by atoms with E-state index >= 15 is 0 Å². The molecule has 4 nitrogen and oxygen atoms in total. The molecule has 0 aromatic heterocycles. The second-order valence-corrected chi connectivity index (χ2v) is 5.91. The van der Waals surface area contributed by atoms with Crippen LogP contribution in [0.2, 0.25) is 0 Å². The molecule has 0 spiro atoms. The molecule has 5 heteroatoms. The molecule has 1 aromatic rings.